The van der Waals surface area contributed by atoms with E-state index in [2.05, 4.69) is 19.2 Å². The lowest BCUT2D eigenvalue weighted by molar-refractivity contribution is 0.00906. The molecule has 2 nitrogen and oxygen atoms in total. The van der Waals surface area contributed by atoms with Crippen LogP contribution in [-0.4, -0.2) is 25.3 Å². The number of methoxy groups -OCH3 is 1. The van der Waals surface area contributed by atoms with Gasteiger partial charge < -0.3 is 10.1 Å². The lowest BCUT2D eigenvalue weighted by Crippen LogP contribution is -2.29. The van der Waals surface area contributed by atoms with Gasteiger partial charge in [-0.15, -0.1) is 0 Å². The van der Waals surface area contributed by atoms with Crippen molar-refractivity contribution in [2.45, 2.75) is 70.4 Å². The minimum absolute atomic E-state index is 0.0665. The van der Waals surface area contributed by atoms with Crippen molar-refractivity contribution >= 4 is 0 Å². The third kappa shape index (κ3) is 4.26. The Morgan fingerprint density at radius 3 is 2.47 bits per heavy atom. The first kappa shape index (κ1) is 13.4. The molecule has 1 N–H and O–H groups in total. The van der Waals surface area contributed by atoms with Crippen molar-refractivity contribution in [3.05, 3.63) is 0 Å². The van der Waals surface area contributed by atoms with Crippen LogP contribution in [0.15, 0.2) is 0 Å². The third-order valence-electron chi connectivity index (χ3n) is 4.73. The largest absolute Gasteiger partial charge is 0.379 e. The van der Waals surface area contributed by atoms with E-state index >= 15 is 0 Å². The zero-order valence-electron chi connectivity index (χ0n) is 11.8. The Labute approximate surface area is 107 Å². The number of hydrogen-bond acceptors (Lipinski definition) is 2. The van der Waals surface area contributed by atoms with Gasteiger partial charge in [-0.2, -0.15) is 0 Å². The highest BCUT2D eigenvalue weighted by atomic mass is 16.5. The predicted molar refractivity (Wildman–Crippen MR) is 72.2 cm³/mol. The average Bonchev–Trinajstić information content (AvgIpc) is 3.03. The van der Waals surface area contributed by atoms with Gasteiger partial charge in [0.2, 0.25) is 0 Å². The molecular formula is C15H29NO. The fraction of sp³-hybridized carbons (Fsp3) is 1.00. The van der Waals surface area contributed by atoms with Crippen LogP contribution in [0.1, 0.15) is 58.8 Å². The van der Waals surface area contributed by atoms with E-state index in [1.54, 1.807) is 0 Å². The Kier molecular flexibility index (Phi) is 4.48. The second-order valence-corrected chi connectivity index (χ2v) is 6.64. The van der Waals surface area contributed by atoms with E-state index in [9.17, 15) is 0 Å². The lowest BCUT2D eigenvalue weighted by Gasteiger charge is -2.27. The molecule has 0 amide bonds. The van der Waals surface area contributed by atoms with Crippen LogP contribution in [0.25, 0.3) is 0 Å². The molecule has 0 heterocycles. The van der Waals surface area contributed by atoms with Crippen molar-refractivity contribution in [2.75, 3.05) is 13.7 Å². The fourth-order valence-electron chi connectivity index (χ4n) is 3.00. The first-order chi connectivity index (χ1) is 8.11. The summed E-state index contributed by atoms with van der Waals surface area (Å²) < 4.78 is 5.53. The van der Waals surface area contributed by atoms with Gasteiger partial charge in [0.1, 0.15) is 0 Å². The van der Waals surface area contributed by atoms with E-state index in [0.717, 1.165) is 17.9 Å². The van der Waals surface area contributed by atoms with Crippen LogP contribution in [0.3, 0.4) is 0 Å². The molecule has 0 aromatic carbocycles. The fourth-order valence-corrected chi connectivity index (χ4v) is 3.00. The van der Waals surface area contributed by atoms with Gasteiger partial charge in [-0.25, -0.2) is 0 Å². The van der Waals surface area contributed by atoms with Crippen molar-refractivity contribution in [1.82, 2.24) is 5.32 Å². The Hall–Kier alpha value is -0.0800. The highest BCUT2D eigenvalue weighted by Gasteiger charge is 2.30. The summed E-state index contributed by atoms with van der Waals surface area (Å²) in [5, 5.41) is 3.71. The maximum atomic E-state index is 5.53. The normalized spacial score (nSPS) is 29.8. The molecule has 0 aromatic heterocycles. The average molecular weight is 239 g/mol. The lowest BCUT2D eigenvalue weighted by atomic mass is 9.87. The van der Waals surface area contributed by atoms with Crippen LogP contribution < -0.4 is 5.32 Å². The van der Waals surface area contributed by atoms with E-state index < -0.39 is 0 Å². The predicted octanol–water partition coefficient (Wildman–Crippen LogP) is 3.36. The van der Waals surface area contributed by atoms with Crippen LogP contribution in [-0.2, 0) is 4.74 Å². The van der Waals surface area contributed by atoms with Gasteiger partial charge in [-0.3, -0.25) is 0 Å². The summed E-state index contributed by atoms with van der Waals surface area (Å²) in [5.74, 6) is 1.87. The quantitative estimate of drug-likeness (QED) is 0.735. The van der Waals surface area contributed by atoms with Crippen LogP contribution in [0.4, 0.5) is 0 Å². The maximum Gasteiger partial charge on any atom is 0.0622 e. The van der Waals surface area contributed by atoms with Gasteiger partial charge in [0, 0.05) is 13.2 Å². The SMILES string of the molecule is COC(C)(C)CCC1CCCC1CNC1CC1. The Morgan fingerprint density at radius 1 is 1.12 bits per heavy atom. The van der Waals surface area contributed by atoms with Gasteiger partial charge in [0.25, 0.3) is 0 Å². The van der Waals surface area contributed by atoms with E-state index in [1.807, 2.05) is 7.11 Å². The van der Waals surface area contributed by atoms with Crippen LogP contribution in [0.5, 0.6) is 0 Å². The van der Waals surface area contributed by atoms with E-state index in [0.29, 0.717) is 0 Å². The van der Waals surface area contributed by atoms with E-state index in [1.165, 1.54) is 51.5 Å². The van der Waals surface area contributed by atoms with Crippen molar-refractivity contribution < 1.29 is 4.74 Å². The van der Waals surface area contributed by atoms with Crippen LogP contribution in [0.2, 0.25) is 0 Å². The first-order valence-corrected chi connectivity index (χ1v) is 7.39. The van der Waals surface area contributed by atoms with Crippen LogP contribution >= 0.6 is 0 Å². The number of nitrogens with one attached hydrogen (secondary N) is 1. The summed E-state index contributed by atoms with van der Waals surface area (Å²) in [6.45, 7) is 5.68. The zero-order chi connectivity index (χ0) is 12.3. The Balaban J connectivity index is 1.70. The second-order valence-electron chi connectivity index (χ2n) is 6.64. The molecule has 0 aliphatic heterocycles. The summed E-state index contributed by atoms with van der Waals surface area (Å²) in [7, 11) is 1.83. The second kappa shape index (κ2) is 5.71. The molecule has 2 aliphatic rings. The standard InChI is InChI=1S/C15H29NO/c1-15(2,17-3)10-9-12-5-4-6-13(12)11-16-14-7-8-14/h12-14,16H,4-11H2,1-3H3. The molecule has 0 saturated heterocycles. The molecule has 2 heteroatoms. The molecule has 2 aliphatic carbocycles. The third-order valence-corrected chi connectivity index (χ3v) is 4.73. The molecule has 2 fully saturated rings. The Bertz CT molecular complexity index is 235. The highest BCUT2D eigenvalue weighted by molar-refractivity contribution is 4.86. The molecule has 2 rings (SSSR count). The van der Waals surface area contributed by atoms with Gasteiger partial charge >= 0.3 is 0 Å². The minimum atomic E-state index is 0.0665. The molecule has 2 unspecified atom stereocenters. The number of rotatable bonds is 7. The van der Waals surface area contributed by atoms with Gasteiger partial charge in [-0.1, -0.05) is 12.8 Å². The molecule has 100 valence electrons. The van der Waals surface area contributed by atoms with Crippen molar-refractivity contribution in [3.63, 3.8) is 0 Å². The van der Waals surface area contributed by atoms with Gasteiger partial charge in [0.05, 0.1) is 5.60 Å². The summed E-state index contributed by atoms with van der Waals surface area (Å²) in [5.41, 5.74) is 0.0665. The van der Waals surface area contributed by atoms with Crippen molar-refractivity contribution in [3.8, 4) is 0 Å². The van der Waals surface area contributed by atoms with Gasteiger partial charge in [0.15, 0.2) is 0 Å². The van der Waals surface area contributed by atoms with Gasteiger partial charge in [-0.05, 0) is 64.3 Å². The van der Waals surface area contributed by atoms with Crippen molar-refractivity contribution in [1.29, 1.82) is 0 Å². The number of ether oxygens (including phenoxy) is 1. The molecule has 0 radical (unpaired) electrons. The summed E-state index contributed by atoms with van der Waals surface area (Å²) in [4.78, 5) is 0. The zero-order valence-corrected chi connectivity index (χ0v) is 11.8. The topological polar surface area (TPSA) is 21.3 Å². The molecule has 2 saturated carbocycles. The molecule has 17 heavy (non-hydrogen) atoms. The molecule has 2 atom stereocenters. The first-order valence-electron chi connectivity index (χ1n) is 7.39. The smallest absolute Gasteiger partial charge is 0.0622 e. The Morgan fingerprint density at radius 2 is 1.82 bits per heavy atom. The maximum absolute atomic E-state index is 5.53. The summed E-state index contributed by atoms with van der Waals surface area (Å²) >= 11 is 0. The molecule has 0 aromatic rings. The highest BCUT2D eigenvalue weighted by Crippen LogP contribution is 2.36. The monoisotopic (exact) mass is 239 g/mol. The summed E-state index contributed by atoms with van der Waals surface area (Å²) in [6, 6.07) is 0.867. The van der Waals surface area contributed by atoms with E-state index in [-0.39, 0.29) is 5.60 Å². The molecular weight excluding hydrogens is 210 g/mol. The van der Waals surface area contributed by atoms with Crippen LogP contribution in [0, 0.1) is 11.8 Å². The van der Waals surface area contributed by atoms with Crippen molar-refractivity contribution in [2.24, 2.45) is 11.8 Å². The molecule has 0 bridgehead atoms. The minimum Gasteiger partial charge on any atom is -0.379 e. The van der Waals surface area contributed by atoms with E-state index in [4.69, 9.17) is 4.74 Å². The molecule has 0 spiro atoms. The number of hydrogen-bond donors (Lipinski definition) is 1. The summed E-state index contributed by atoms with van der Waals surface area (Å²) in [6.07, 6.45) is 9.69.